The second-order valence-corrected chi connectivity index (χ2v) is 6.51. The molecule has 1 amide bonds. The minimum atomic E-state index is -0.369. The van der Waals surface area contributed by atoms with Crippen LogP contribution in [0, 0.1) is 0 Å². The van der Waals surface area contributed by atoms with Crippen molar-refractivity contribution in [2.24, 2.45) is 5.10 Å². The fourth-order valence-corrected chi connectivity index (χ4v) is 2.80. The van der Waals surface area contributed by atoms with Gasteiger partial charge in [0, 0.05) is 5.56 Å². The monoisotopic (exact) mass is 424 g/mol. The van der Waals surface area contributed by atoms with Gasteiger partial charge in [-0.15, -0.1) is 0 Å². The predicted octanol–water partition coefficient (Wildman–Crippen LogP) is 4.35. The predicted molar refractivity (Wildman–Crippen MR) is 109 cm³/mol. The minimum Gasteiger partial charge on any atom is -0.507 e. The summed E-state index contributed by atoms with van der Waals surface area (Å²) < 4.78 is 6.22. The fraction of sp³-hybridized carbons (Fsp3) is 0.0476. The number of hydrogen-bond acceptors (Lipinski definition) is 4. The summed E-state index contributed by atoms with van der Waals surface area (Å²) in [5, 5.41) is 13.4. The second kappa shape index (κ2) is 9.00. The number of aromatic hydroxyl groups is 1. The highest BCUT2D eigenvalue weighted by Gasteiger charge is 2.07. The highest BCUT2D eigenvalue weighted by molar-refractivity contribution is 9.10. The molecule has 5 nitrogen and oxygen atoms in total. The van der Waals surface area contributed by atoms with Crippen molar-refractivity contribution in [2.75, 3.05) is 6.61 Å². The first kappa shape index (κ1) is 18.7. The summed E-state index contributed by atoms with van der Waals surface area (Å²) in [6, 6.07) is 22.3. The molecule has 0 atom stereocenters. The number of ether oxygens (including phenoxy) is 1. The first-order valence-corrected chi connectivity index (χ1v) is 9.00. The molecule has 3 aromatic rings. The Morgan fingerprint density at radius 2 is 1.81 bits per heavy atom. The van der Waals surface area contributed by atoms with Gasteiger partial charge in [0.2, 0.25) is 0 Å². The Hall–Kier alpha value is -3.12. The molecule has 0 radical (unpaired) electrons. The third-order valence-corrected chi connectivity index (χ3v) is 4.34. The molecule has 2 N–H and O–H groups in total. The van der Waals surface area contributed by atoms with Crippen molar-refractivity contribution in [2.45, 2.75) is 0 Å². The summed E-state index contributed by atoms with van der Waals surface area (Å²) in [7, 11) is 0. The zero-order valence-corrected chi connectivity index (χ0v) is 15.9. The van der Waals surface area contributed by atoms with Crippen LogP contribution in [0.2, 0.25) is 0 Å². The van der Waals surface area contributed by atoms with Crippen LogP contribution in [0.1, 0.15) is 5.56 Å². The number of carbonyl (C=O) groups excluding carboxylic acids is 1. The molecule has 0 unspecified atom stereocenters. The zero-order chi connectivity index (χ0) is 19.1. The van der Waals surface area contributed by atoms with Crippen molar-refractivity contribution in [1.82, 2.24) is 5.43 Å². The maximum Gasteiger partial charge on any atom is 0.277 e. The molecule has 0 heterocycles. The average molecular weight is 425 g/mol. The van der Waals surface area contributed by atoms with E-state index in [2.05, 4.69) is 26.5 Å². The average Bonchev–Trinajstić information content (AvgIpc) is 2.70. The number of hydrogen-bond donors (Lipinski definition) is 2. The topological polar surface area (TPSA) is 70.9 Å². The van der Waals surface area contributed by atoms with Gasteiger partial charge in [-0.2, -0.15) is 5.10 Å². The Labute approximate surface area is 165 Å². The van der Waals surface area contributed by atoms with Gasteiger partial charge in [0.15, 0.2) is 6.61 Å². The van der Waals surface area contributed by atoms with Gasteiger partial charge in [-0.1, -0.05) is 48.5 Å². The molecule has 0 aliphatic heterocycles. The van der Waals surface area contributed by atoms with Crippen LogP contribution in [-0.2, 0) is 4.79 Å². The van der Waals surface area contributed by atoms with Crippen LogP contribution in [0.15, 0.2) is 82.4 Å². The highest BCUT2D eigenvalue weighted by atomic mass is 79.9. The molecule has 3 aromatic carbocycles. The van der Waals surface area contributed by atoms with Crippen LogP contribution in [0.3, 0.4) is 0 Å². The number of para-hydroxylation sites is 1. The lowest BCUT2D eigenvalue weighted by molar-refractivity contribution is -0.123. The lowest BCUT2D eigenvalue weighted by atomic mass is 10.1. The summed E-state index contributed by atoms with van der Waals surface area (Å²) >= 11 is 3.22. The number of nitrogens with one attached hydrogen (secondary N) is 1. The van der Waals surface area contributed by atoms with E-state index in [-0.39, 0.29) is 18.3 Å². The van der Waals surface area contributed by atoms with Gasteiger partial charge in [-0.3, -0.25) is 4.79 Å². The third kappa shape index (κ3) is 5.18. The summed E-state index contributed by atoms with van der Waals surface area (Å²) in [6.07, 6.45) is 1.49. The molecular formula is C21H17BrN2O3. The third-order valence-electron chi connectivity index (χ3n) is 3.71. The summed E-state index contributed by atoms with van der Waals surface area (Å²) in [6.45, 7) is -0.152. The standard InChI is InChI=1S/C21H17BrN2O3/c22-18-12-15(10-11-19(18)25)13-23-24-21(26)14-27-20-9-5-4-8-17(20)16-6-2-1-3-7-16/h1-13,25H,14H2,(H,24,26)/b23-13+. The van der Waals surface area contributed by atoms with Crippen LogP contribution >= 0.6 is 15.9 Å². The summed E-state index contributed by atoms with van der Waals surface area (Å²) in [5.74, 6) is 0.402. The largest absolute Gasteiger partial charge is 0.507 e. The van der Waals surface area contributed by atoms with Gasteiger partial charge >= 0.3 is 0 Å². The number of amides is 1. The van der Waals surface area contributed by atoms with E-state index in [1.165, 1.54) is 12.3 Å². The number of phenols is 1. The van der Waals surface area contributed by atoms with E-state index in [1.54, 1.807) is 12.1 Å². The lowest BCUT2D eigenvalue weighted by Gasteiger charge is -2.10. The first-order valence-electron chi connectivity index (χ1n) is 8.21. The molecular weight excluding hydrogens is 408 g/mol. The normalized spacial score (nSPS) is 10.7. The molecule has 3 rings (SSSR count). The van der Waals surface area contributed by atoms with Crippen LogP contribution < -0.4 is 10.2 Å². The number of hydrazone groups is 1. The number of phenolic OH excluding ortho intramolecular Hbond substituents is 1. The minimum absolute atomic E-state index is 0.140. The summed E-state index contributed by atoms with van der Waals surface area (Å²) in [5.41, 5.74) is 5.09. The molecule has 0 aliphatic carbocycles. The van der Waals surface area contributed by atoms with E-state index in [9.17, 15) is 9.90 Å². The SMILES string of the molecule is O=C(COc1ccccc1-c1ccccc1)N/N=C/c1ccc(O)c(Br)c1. The van der Waals surface area contributed by atoms with Crippen molar-refractivity contribution in [3.63, 3.8) is 0 Å². The van der Waals surface area contributed by atoms with E-state index < -0.39 is 0 Å². The first-order chi connectivity index (χ1) is 13.1. The van der Waals surface area contributed by atoms with Gasteiger partial charge in [0.05, 0.1) is 10.7 Å². The Morgan fingerprint density at radius 1 is 1.07 bits per heavy atom. The van der Waals surface area contributed by atoms with E-state index in [0.717, 1.165) is 16.7 Å². The number of rotatable bonds is 6. The number of carbonyl (C=O) groups is 1. The smallest absolute Gasteiger partial charge is 0.277 e. The van der Waals surface area contributed by atoms with Gasteiger partial charge in [-0.25, -0.2) is 5.43 Å². The van der Waals surface area contributed by atoms with Crippen LogP contribution in [0.4, 0.5) is 0 Å². The van der Waals surface area contributed by atoms with Crippen molar-refractivity contribution >= 4 is 28.1 Å². The van der Waals surface area contributed by atoms with Crippen LogP contribution in [0.25, 0.3) is 11.1 Å². The van der Waals surface area contributed by atoms with Gasteiger partial charge in [0.25, 0.3) is 5.91 Å². The van der Waals surface area contributed by atoms with Crippen LogP contribution in [0.5, 0.6) is 11.5 Å². The molecule has 136 valence electrons. The Balaban J connectivity index is 1.58. The van der Waals surface area contributed by atoms with E-state index in [1.807, 2.05) is 54.6 Å². The molecule has 0 aliphatic rings. The molecule has 0 aromatic heterocycles. The maximum atomic E-state index is 12.0. The Bertz CT molecular complexity index is 959. The van der Waals surface area contributed by atoms with Crippen LogP contribution in [-0.4, -0.2) is 23.8 Å². The van der Waals surface area contributed by atoms with Gasteiger partial charge in [-0.05, 0) is 51.3 Å². The van der Waals surface area contributed by atoms with Crippen molar-refractivity contribution < 1.29 is 14.6 Å². The molecule has 0 bridgehead atoms. The maximum absolute atomic E-state index is 12.0. The van der Waals surface area contributed by atoms with Gasteiger partial charge < -0.3 is 9.84 Å². The molecule has 6 heteroatoms. The molecule has 0 spiro atoms. The summed E-state index contributed by atoms with van der Waals surface area (Å²) in [4.78, 5) is 12.0. The second-order valence-electron chi connectivity index (χ2n) is 5.65. The number of benzene rings is 3. The highest BCUT2D eigenvalue weighted by Crippen LogP contribution is 2.29. The quantitative estimate of drug-likeness (QED) is 0.456. The zero-order valence-electron chi connectivity index (χ0n) is 14.3. The fourth-order valence-electron chi connectivity index (χ4n) is 2.41. The lowest BCUT2D eigenvalue weighted by Crippen LogP contribution is -2.24. The van der Waals surface area contributed by atoms with E-state index >= 15 is 0 Å². The number of halogens is 1. The van der Waals surface area contributed by atoms with Crippen molar-refractivity contribution in [1.29, 1.82) is 0 Å². The molecule has 0 fully saturated rings. The Morgan fingerprint density at radius 3 is 2.59 bits per heavy atom. The van der Waals surface area contributed by atoms with Crippen molar-refractivity contribution in [3.8, 4) is 22.6 Å². The Kier molecular flexibility index (Phi) is 6.22. The molecule has 27 heavy (non-hydrogen) atoms. The van der Waals surface area contributed by atoms with Gasteiger partial charge in [0.1, 0.15) is 11.5 Å². The van der Waals surface area contributed by atoms with E-state index in [0.29, 0.717) is 10.2 Å². The van der Waals surface area contributed by atoms with Crippen molar-refractivity contribution in [3.05, 3.63) is 82.8 Å². The molecule has 0 saturated carbocycles. The number of nitrogens with zero attached hydrogens (tertiary/aromatic N) is 1. The van der Waals surface area contributed by atoms with E-state index in [4.69, 9.17) is 4.74 Å². The molecule has 0 saturated heterocycles.